The van der Waals surface area contributed by atoms with Crippen molar-refractivity contribution in [3.63, 3.8) is 0 Å². The Hall–Kier alpha value is -2.21. The summed E-state index contributed by atoms with van der Waals surface area (Å²) in [6, 6.07) is 11.1. The molecule has 0 bridgehead atoms. The van der Waals surface area contributed by atoms with Crippen molar-refractivity contribution in [2.24, 2.45) is 0 Å². The number of rotatable bonds is 4. The highest BCUT2D eigenvalue weighted by molar-refractivity contribution is 6.31. The van der Waals surface area contributed by atoms with Crippen LogP contribution in [0.3, 0.4) is 0 Å². The van der Waals surface area contributed by atoms with Crippen LogP contribution in [-0.4, -0.2) is 6.03 Å². The summed E-state index contributed by atoms with van der Waals surface area (Å²) in [6.45, 7) is 1.91. The molecule has 0 saturated heterocycles. The second-order valence-corrected chi connectivity index (χ2v) is 5.67. The third kappa shape index (κ3) is 4.89. The van der Waals surface area contributed by atoms with E-state index < -0.39 is 17.8 Å². The van der Waals surface area contributed by atoms with Crippen LogP contribution in [0.4, 0.5) is 18.0 Å². The number of carbonyl (C=O) groups excluding carboxylic acids is 1. The fourth-order valence-electron chi connectivity index (χ4n) is 2.15. The maximum Gasteiger partial charge on any atom is 0.416 e. The molecule has 0 fully saturated rings. The van der Waals surface area contributed by atoms with Crippen LogP contribution >= 0.6 is 11.6 Å². The Balaban J connectivity index is 1.88. The lowest BCUT2D eigenvalue weighted by atomic mass is 10.1. The zero-order chi connectivity index (χ0) is 17.7. The van der Waals surface area contributed by atoms with E-state index in [2.05, 4.69) is 10.6 Å². The van der Waals surface area contributed by atoms with Crippen LogP contribution in [0.15, 0.2) is 48.5 Å². The van der Waals surface area contributed by atoms with Crippen LogP contribution in [0.5, 0.6) is 0 Å². The van der Waals surface area contributed by atoms with Gasteiger partial charge >= 0.3 is 12.2 Å². The van der Waals surface area contributed by atoms with Gasteiger partial charge < -0.3 is 10.6 Å². The SMILES string of the molecule is CC(NC(=O)NCc1ccc(C(F)(F)F)cc1)c1ccccc1Cl. The number of alkyl halides is 3. The van der Waals surface area contributed by atoms with Crippen molar-refractivity contribution in [1.82, 2.24) is 10.6 Å². The molecule has 1 unspecified atom stereocenters. The summed E-state index contributed by atoms with van der Waals surface area (Å²) in [5.74, 6) is 0. The number of hydrogen-bond donors (Lipinski definition) is 2. The van der Waals surface area contributed by atoms with Crippen LogP contribution in [0.25, 0.3) is 0 Å². The maximum absolute atomic E-state index is 12.5. The number of urea groups is 1. The average molecular weight is 357 g/mol. The second-order valence-electron chi connectivity index (χ2n) is 5.26. The minimum atomic E-state index is -4.37. The van der Waals surface area contributed by atoms with Crippen molar-refractivity contribution in [2.45, 2.75) is 25.7 Å². The van der Waals surface area contributed by atoms with Crippen LogP contribution in [0.2, 0.25) is 5.02 Å². The topological polar surface area (TPSA) is 41.1 Å². The van der Waals surface area contributed by atoms with E-state index in [1.807, 2.05) is 12.1 Å². The van der Waals surface area contributed by atoms with E-state index in [9.17, 15) is 18.0 Å². The smallest absolute Gasteiger partial charge is 0.334 e. The van der Waals surface area contributed by atoms with Crippen LogP contribution in [0.1, 0.15) is 29.7 Å². The van der Waals surface area contributed by atoms with E-state index in [0.29, 0.717) is 10.6 Å². The molecule has 2 aromatic rings. The first-order chi connectivity index (χ1) is 11.3. The Morgan fingerprint density at radius 3 is 2.33 bits per heavy atom. The third-order valence-electron chi connectivity index (χ3n) is 3.45. The molecule has 0 heterocycles. The van der Waals surface area contributed by atoms with Crippen molar-refractivity contribution in [3.8, 4) is 0 Å². The van der Waals surface area contributed by atoms with Gasteiger partial charge in [-0.25, -0.2) is 4.79 Å². The summed E-state index contributed by atoms with van der Waals surface area (Å²) < 4.78 is 37.4. The highest BCUT2D eigenvalue weighted by atomic mass is 35.5. The lowest BCUT2D eigenvalue weighted by Crippen LogP contribution is -2.36. The fraction of sp³-hybridized carbons (Fsp3) is 0.235. The molecule has 2 aromatic carbocycles. The standard InChI is InChI=1S/C17H16ClF3N2O/c1-11(14-4-2-3-5-15(14)18)23-16(24)22-10-12-6-8-13(9-7-12)17(19,20)21/h2-9,11H,10H2,1H3,(H2,22,23,24). The highest BCUT2D eigenvalue weighted by Crippen LogP contribution is 2.29. The largest absolute Gasteiger partial charge is 0.416 e. The van der Waals surface area contributed by atoms with Gasteiger partial charge in [0.25, 0.3) is 0 Å². The quantitative estimate of drug-likeness (QED) is 0.802. The van der Waals surface area contributed by atoms with Gasteiger partial charge in [-0.3, -0.25) is 0 Å². The predicted octanol–water partition coefficient (Wildman–Crippen LogP) is 4.92. The maximum atomic E-state index is 12.5. The summed E-state index contributed by atoms with van der Waals surface area (Å²) in [6.07, 6.45) is -4.37. The van der Waals surface area contributed by atoms with E-state index in [-0.39, 0.29) is 12.6 Å². The molecule has 2 N–H and O–H groups in total. The summed E-state index contributed by atoms with van der Waals surface area (Å²) in [7, 11) is 0. The molecule has 0 spiro atoms. The van der Waals surface area contributed by atoms with Gasteiger partial charge in [0.15, 0.2) is 0 Å². The van der Waals surface area contributed by atoms with Crippen molar-refractivity contribution in [2.75, 3.05) is 0 Å². The molecule has 0 aliphatic carbocycles. The molecule has 2 amide bonds. The Bertz CT molecular complexity index is 702. The van der Waals surface area contributed by atoms with Crippen LogP contribution in [0, 0.1) is 0 Å². The molecule has 0 saturated carbocycles. The number of carbonyl (C=O) groups is 1. The van der Waals surface area contributed by atoms with Gasteiger partial charge in [0.1, 0.15) is 0 Å². The average Bonchev–Trinajstić information content (AvgIpc) is 2.53. The summed E-state index contributed by atoms with van der Waals surface area (Å²) >= 11 is 6.06. The zero-order valence-corrected chi connectivity index (χ0v) is 13.6. The summed E-state index contributed by atoms with van der Waals surface area (Å²) in [5.41, 5.74) is 0.635. The van der Waals surface area contributed by atoms with E-state index in [1.54, 1.807) is 19.1 Å². The summed E-state index contributed by atoms with van der Waals surface area (Å²) in [5, 5.41) is 5.88. The van der Waals surface area contributed by atoms with E-state index >= 15 is 0 Å². The lowest BCUT2D eigenvalue weighted by molar-refractivity contribution is -0.137. The monoisotopic (exact) mass is 356 g/mol. The number of halogens is 4. The molecule has 0 aromatic heterocycles. The third-order valence-corrected chi connectivity index (χ3v) is 3.80. The van der Waals surface area contributed by atoms with Gasteiger partial charge in [-0.1, -0.05) is 41.9 Å². The van der Waals surface area contributed by atoms with Crippen LogP contribution in [-0.2, 0) is 12.7 Å². The van der Waals surface area contributed by atoms with E-state index in [4.69, 9.17) is 11.6 Å². The molecule has 128 valence electrons. The molecule has 7 heteroatoms. The molecule has 1 atom stereocenters. The molecule has 3 nitrogen and oxygen atoms in total. The van der Waals surface area contributed by atoms with Gasteiger partial charge in [-0.2, -0.15) is 13.2 Å². The number of nitrogens with one attached hydrogen (secondary N) is 2. The van der Waals surface area contributed by atoms with Crippen molar-refractivity contribution >= 4 is 17.6 Å². The number of amides is 2. The van der Waals surface area contributed by atoms with Gasteiger partial charge in [-0.05, 0) is 36.2 Å². The molecule has 24 heavy (non-hydrogen) atoms. The number of benzene rings is 2. The Labute approximate surface area is 142 Å². The van der Waals surface area contributed by atoms with Crippen molar-refractivity contribution in [1.29, 1.82) is 0 Å². The van der Waals surface area contributed by atoms with Gasteiger partial charge in [-0.15, -0.1) is 0 Å². The first-order valence-electron chi connectivity index (χ1n) is 7.22. The van der Waals surface area contributed by atoms with Gasteiger partial charge in [0.05, 0.1) is 11.6 Å². The lowest BCUT2D eigenvalue weighted by Gasteiger charge is -2.16. The Morgan fingerprint density at radius 1 is 1.12 bits per heavy atom. The van der Waals surface area contributed by atoms with E-state index in [1.165, 1.54) is 12.1 Å². The molecule has 2 rings (SSSR count). The zero-order valence-electron chi connectivity index (χ0n) is 12.8. The van der Waals surface area contributed by atoms with E-state index in [0.717, 1.165) is 17.7 Å². The van der Waals surface area contributed by atoms with Gasteiger partial charge in [0.2, 0.25) is 0 Å². The van der Waals surface area contributed by atoms with Crippen molar-refractivity contribution in [3.05, 3.63) is 70.2 Å². The highest BCUT2D eigenvalue weighted by Gasteiger charge is 2.29. The Kier molecular flexibility index (Phi) is 5.72. The van der Waals surface area contributed by atoms with Crippen LogP contribution < -0.4 is 10.6 Å². The molecular weight excluding hydrogens is 341 g/mol. The first-order valence-corrected chi connectivity index (χ1v) is 7.60. The molecule has 0 radical (unpaired) electrons. The molecule has 0 aliphatic rings. The predicted molar refractivity (Wildman–Crippen MR) is 86.7 cm³/mol. The van der Waals surface area contributed by atoms with Gasteiger partial charge in [0, 0.05) is 11.6 Å². The Morgan fingerprint density at radius 2 is 1.75 bits per heavy atom. The summed E-state index contributed by atoms with van der Waals surface area (Å²) in [4.78, 5) is 11.9. The second kappa shape index (κ2) is 7.57. The fourth-order valence-corrected chi connectivity index (χ4v) is 2.45. The van der Waals surface area contributed by atoms with Crippen molar-refractivity contribution < 1.29 is 18.0 Å². The minimum Gasteiger partial charge on any atom is -0.334 e. The number of hydrogen-bond acceptors (Lipinski definition) is 1. The normalized spacial score (nSPS) is 12.5. The molecular formula is C17H16ClF3N2O. The molecule has 0 aliphatic heterocycles. The minimum absolute atomic E-state index is 0.124. The first kappa shape index (κ1) is 18.1.